The number of para-hydroxylation sites is 1. The molecule has 1 amide bonds. The Balaban J connectivity index is 1.26. The molecule has 0 bridgehead atoms. The number of anilines is 2. The van der Waals surface area contributed by atoms with Crippen LogP contribution in [0.3, 0.4) is 0 Å². The Hall–Kier alpha value is -2.42. The molecule has 5 rings (SSSR count). The third-order valence-corrected chi connectivity index (χ3v) is 6.94. The highest BCUT2D eigenvalue weighted by Gasteiger charge is 2.35. The second-order valence-electron chi connectivity index (χ2n) is 6.53. The van der Waals surface area contributed by atoms with Gasteiger partial charge in [0, 0.05) is 18.1 Å². The van der Waals surface area contributed by atoms with E-state index in [0.29, 0.717) is 23.2 Å². The fourth-order valence-electron chi connectivity index (χ4n) is 3.17. The van der Waals surface area contributed by atoms with Crippen molar-refractivity contribution in [3.63, 3.8) is 0 Å². The number of carbonyl (C=O) groups is 1. The van der Waals surface area contributed by atoms with Crippen LogP contribution in [0.5, 0.6) is 5.75 Å². The zero-order valence-corrected chi connectivity index (χ0v) is 17.2. The Labute approximate surface area is 173 Å². The van der Waals surface area contributed by atoms with Gasteiger partial charge in [0.15, 0.2) is 10.3 Å². The number of rotatable bonds is 4. The number of fused-ring (bicyclic) bond motifs is 2. The summed E-state index contributed by atoms with van der Waals surface area (Å²) in [4.78, 5) is 23.8. The molecule has 2 aromatic heterocycles. The van der Waals surface area contributed by atoms with E-state index in [0.717, 1.165) is 31.3 Å². The molecule has 1 N–H and O–H groups in total. The molecule has 4 aromatic rings. The van der Waals surface area contributed by atoms with E-state index in [4.69, 9.17) is 16.3 Å². The largest absolute Gasteiger partial charge is 0.494 e. The maximum absolute atomic E-state index is 12.6. The summed E-state index contributed by atoms with van der Waals surface area (Å²) in [5, 5.41) is 5.11. The number of halogens is 1. The standard InChI is InChI=1S/C19H15ClN4O2S2/c1-26-13-3-2-4-14-16(13)22-19(28-14)24-8-10(9-24)17(25)23-18-21-12-6-5-11(20)7-15(12)27-18/h2-7,10H,8-9H2,1H3,(H,21,23,25). The van der Waals surface area contributed by atoms with Crippen molar-refractivity contribution >= 4 is 70.9 Å². The summed E-state index contributed by atoms with van der Waals surface area (Å²) in [7, 11) is 1.65. The van der Waals surface area contributed by atoms with Crippen molar-refractivity contribution in [1.29, 1.82) is 0 Å². The van der Waals surface area contributed by atoms with E-state index in [1.54, 1.807) is 24.5 Å². The summed E-state index contributed by atoms with van der Waals surface area (Å²) in [5.74, 6) is 0.676. The molecule has 142 valence electrons. The number of carbonyl (C=O) groups excluding carboxylic acids is 1. The summed E-state index contributed by atoms with van der Waals surface area (Å²) < 4.78 is 7.42. The predicted octanol–water partition coefficient (Wildman–Crippen LogP) is 4.64. The van der Waals surface area contributed by atoms with Crippen LogP contribution < -0.4 is 15.0 Å². The number of nitrogens with one attached hydrogen (secondary N) is 1. The van der Waals surface area contributed by atoms with Gasteiger partial charge in [0.2, 0.25) is 5.91 Å². The van der Waals surface area contributed by atoms with Gasteiger partial charge >= 0.3 is 0 Å². The van der Waals surface area contributed by atoms with Crippen molar-refractivity contribution < 1.29 is 9.53 Å². The van der Waals surface area contributed by atoms with E-state index in [1.165, 1.54) is 11.3 Å². The zero-order chi connectivity index (χ0) is 19.3. The topological polar surface area (TPSA) is 67.3 Å². The fourth-order valence-corrected chi connectivity index (χ4v) is 5.32. The van der Waals surface area contributed by atoms with E-state index in [2.05, 4.69) is 20.2 Å². The van der Waals surface area contributed by atoms with Gasteiger partial charge in [-0.15, -0.1) is 0 Å². The summed E-state index contributed by atoms with van der Waals surface area (Å²) in [5.41, 5.74) is 1.70. The Morgan fingerprint density at radius 1 is 1.21 bits per heavy atom. The Bertz CT molecular complexity index is 1200. The van der Waals surface area contributed by atoms with Crippen molar-refractivity contribution in [2.45, 2.75) is 0 Å². The van der Waals surface area contributed by atoms with Gasteiger partial charge in [-0.2, -0.15) is 0 Å². The third kappa shape index (κ3) is 3.07. The minimum atomic E-state index is -0.0792. The van der Waals surface area contributed by atoms with Crippen LogP contribution in [0.4, 0.5) is 10.3 Å². The SMILES string of the molecule is COc1cccc2sc(N3CC(C(=O)Nc4nc5ccc(Cl)cc5s4)C3)nc12. The number of benzene rings is 2. The normalized spacial score (nSPS) is 14.4. The molecule has 0 saturated carbocycles. The maximum Gasteiger partial charge on any atom is 0.232 e. The van der Waals surface area contributed by atoms with Crippen LogP contribution in [0, 0.1) is 5.92 Å². The Morgan fingerprint density at radius 2 is 2.07 bits per heavy atom. The first-order valence-corrected chi connectivity index (χ1v) is 10.7. The molecule has 1 aliphatic heterocycles. The lowest BCUT2D eigenvalue weighted by Crippen LogP contribution is -2.52. The number of aromatic nitrogens is 2. The molecular formula is C19H15ClN4O2S2. The van der Waals surface area contributed by atoms with Crippen LogP contribution in [0.1, 0.15) is 0 Å². The number of hydrogen-bond acceptors (Lipinski definition) is 7. The van der Waals surface area contributed by atoms with Crippen LogP contribution in [0.2, 0.25) is 5.02 Å². The second kappa shape index (κ2) is 6.88. The van der Waals surface area contributed by atoms with Crippen molar-refractivity contribution in [1.82, 2.24) is 9.97 Å². The highest BCUT2D eigenvalue weighted by atomic mass is 35.5. The van der Waals surface area contributed by atoms with Gasteiger partial charge in [0.1, 0.15) is 11.3 Å². The number of nitrogens with zero attached hydrogens (tertiary/aromatic N) is 3. The van der Waals surface area contributed by atoms with E-state index in [-0.39, 0.29) is 11.8 Å². The van der Waals surface area contributed by atoms with Gasteiger partial charge in [-0.3, -0.25) is 4.79 Å². The smallest absolute Gasteiger partial charge is 0.232 e. The lowest BCUT2D eigenvalue weighted by atomic mass is 10.0. The Kier molecular flexibility index (Phi) is 4.34. The second-order valence-corrected chi connectivity index (χ2v) is 9.00. The lowest BCUT2D eigenvalue weighted by molar-refractivity contribution is -0.120. The van der Waals surface area contributed by atoms with E-state index in [1.807, 2.05) is 30.3 Å². The van der Waals surface area contributed by atoms with Crippen molar-refractivity contribution in [3.05, 3.63) is 41.4 Å². The summed E-state index contributed by atoms with van der Waals surface area (Å²) >= 11 is 9.06. The molecule has 0 radical (unpaired) electrons. The van der Waals surface area contributed by atoms with Gasteiger partial charge in [-0.1, -0.05) is 40.3 Å². The third-order valence-electron chi connectivity index (χ3n) is 4.69. The molecule has 0 spiro atoms. The molecule has 1 aliphatic rings. The molecular weight excluding hydrogens is 416 g/mol. The monoisotopic (exact) mass is 430 g/mol. The number of hydrogen-bond donors (Lipinski definition) is 1. The number of amides is 1. The van der Waals surface area contributed by atoms with Crippen LogP contribution in [-0.2, 0) is 4.79 Å². The van der Waals surface area contributed by atoms with Gasteiger partial charge in [0.05, 0.1) is 27.9 Å². The lowest BCUT2D eigenvalue weighted by Gasteiger charge is -2.37. The molecule has 6 nitrogen and oxygen atoms in total. The van der Waals surface area contributed by atoms with E-state index < -0.39 is 0 Å². The minimum Gasteiger partial charge on any atom is -0.494 e. The first-order valence-electron chi connectivity index (χ1n) is 8.66. The zero-order valence-electron chi connectivity index (χ0n) is 14.8. The molecule has 9 heteroatoms. The van der Waals surface area contributed by atoms with Crippen LogP contribution in [-0.4, -0.2) is 36.1 Å². The van der Waals surface area contributed by atoms with Gasteiger partial charge < -0.3 is 15.0 Å². The fraction of sp³-hybridized carbons (Fsp3) is 0.211. The molecule has 1 saturated heterocycles. The van der Waals surface area contributed by atoms with Gasteiger partial charge in [-0.05, 0) is 30.3 Å². The molecule has 1 fully saturated rings. The maximum atomic E-state index is 12.6. The summed E-state index contributed by atoms with van der Waals surface area (Å²) in [6.45, 7) is 1.29. The van der Waals surface area contributed by atoms with Crippen LogP contribution in [0.15, 0.2) is 36.4 Å². The van der Waals surface area contributed by atoms with Crippen molar-refractivity contribution in [2.75, 3.05) is 30.4 Å². The molecule has 2 aromatic carbocycles. The quantitative estimate of drug-likeness (QED) is 0.510. The number of thiazole rings is 2. The number of methoxy groups -OCH3 is 1. The summed E-state index contributed by atoms with van der Waals surface area (Å²) in [6.07, 6.45) is 0. The van der Waals surface area contributed by atoms with Gasteiger partial charge in [0.25, 0.3) is 0 Å². The predicted molar refractivity (Wildman–Crippen MR) is 115 cm³/mol. The first kappa shape index (κ1) is 17.7. The van der Waals surface area contributed by atoms with Gasteiger partial charge in [-0.25, -0.2) is 9.97 Å². The summed E-state index contributed by atoms with van der Waals surface area (Å²) in [6, 6.07) is 11.4. The van der Waals surface area contributed by atoms with E-state index >= 15 is 0 Å². The minimum absolute atomic E-state index is 0.0138. The highest BCUT2D eigenvalue weighted by Crippen LogP contribution is 2.37. The van der Waals surface area contributed by atoms with Crippen LogP contribution in [0.25, 0.3) is 20.4 Å². The molecule has 0 aliphatic carbocycles. The molecule has 3 heterocycles. The average molecular weight is 431 g/mol. The molecule has 0 atom stereocenters. The first-order chi connectivity index (χ1) is 13.6. The van der Waals surface area contributed by atoms with Crippen molar-refractivity contribution in [3.8, 4) is 5.75 Å². The average Bonchev–Trinajstić information content (AvgIpc) is 3.22. The van der Waals surface area contributed by atoms with E-state index in [9.17, 15) is 4.79 Å². The Morgan fingerprint density at radius 3 is 2.89 bits per heavy atom. The van der Waals surface area contributed by atoms with Crippen molar-refractivity contribution in [2.24, 2.45) is 5.92 Å². The molecule has 0 unspecified atom stereocenters. The van der Waals surface area contributed by atoms with Crippen LogP contribution >= 0.6 is 34.3 Å². The number of ether oxygens (including phenoxy) is 1. The molecule has 28 heavy (non-hydrogen) atoms. The highest BCUT2D eigenvalue weighted by molar-refractivity contribution is 7.22.